The molecule has 0 aliphatic carbocycles. The zero-order valence-electron chi connectivity index (χ0n) is 9.48. The van der Waals surface area contributed by atoms with E-state index in [9.17, 15) is 4.79 Å². The van der Waals surface area contributed by atoms with Crippen LogP contribution in [0.2, 0.25) is 0 Å². The highest BCUT2D eigenvalue weighted by Gasteiger charge is 2.26. The van der Waals surface area contributed by atoms with Gasteiger partial charge < -0.3 is 15.7 Å². The predicted octanol–water partition coefficient (Wildman–Crippen LogP) is 0.345. The standard InChI is InChI=1S/C11H22N2O2/c1-2-3-10(12)6-11(15)13-5-4-9(7-13)8-14/h9-10,14H,2-8,12H2,1H3. The Kier molecular flexibility index (Phi) is 5.05. The van der Waals surface area contributed by atoms with Crippen molar-refractivity contribution in [1.82, 2.24) is 4.90 Å². The Morgan fingerprint density at radius 3 is 2.93 bits per heavy atom. The number of carbonyl (C=O) groups excluding carboxylic acids is 1. The van der Waals surface area contributed by atoms with E-state index >= 15 is 0 Å². The smallest absolute Gasteiger partial charge is 0.224 e. The van der Waals surface area contributed by atoms with E-state index in [0.29, 0.717) is 13.0 Å². The van der Waals surface area contributed by atoms with Crippen molar-refractivity contribution in [2.45, 2.75) is 38.6 Å². The van der Waals surface area contributed by atoms with Crippen LogP contribution in [0.1, 0.15) is 32.6 Å². The van der Waals surface area contributed by atoms with Gasteiger partial charge in [-0.1, -0.05) is 13.3 Å². The van der Waals surface area contributed by atoms with Crippen LogP contribution in [0.5, 0.6) is 0 Å². The molecule has 2 unspecified atom stereocenters. The molecular formula is C11H22N2O2. The molecule has 0 aromatic carbocycles. The molecule has 88 valence electrons. The summed E-state index contributed by atoms with van der Waals surface area (Å²) in [5.41, 5.74) is 5.82. The van der Waals surface area contributed by atoms with Gasteiger partial charge in [-0.05, 0) is 12.8 Å². The second-order valence-electron chi connectivity index (χ2n) is 4.43. The van der Waals surface area contributed by atoms with E-state index in [1.165, 1.54) is 0 Å². The normalized spacial score (nSPS) is 23.1. The Bertz CT molecular complexity index is 209. The van der Waals surface area contributed by atoms with Gasteiger partial charge >= 0.3 is 0 Å². The Morgan fingerprint density at radius 1 is 1.67 bits per heavy atom. The molecule has 0 bridgehead atoms. The molecule has 3 N–H and O–H groups in total. The quantitative estimate of drug-likeness (QED) is 0.693. The highest BCUT2D eigenvalue weighted by atomic mass is 16.3. The molecule has 0 radical (unpaired) electrons. The highest BCUT2D eigenvalue weighted by molar-refractivity contribution is 5.77. The fourth-order valence-electron chi connectivity index (χ4n) is 2.03. The Balaban J connectivity index is 2.29. The van der Waals surface area contributed by atoms with Gasteiger partial charge in [0.1, 0.15) is 0 Å². The van der Waals surface area contributed by atoms with Crippen LogP contribution >= 0.6 is 0 Å². The number of aliphatic hydroxyl groups is 1. The van der Waals surface area contributed by atoms with Crippen molar-refractivity contribution in [3.05, 3.63) is 0 Å². The second kappa shape index (κ2) is 6.08. The first kappa shape index (κ1) is 12.5. The fraction of sp³-hybridized carbons (Fsp3) is 0.909. The van der Waals surface area contributed by atoms with Crippen molar-refractivity contribution in [2.75, 3.05) is 19.7 Å². The van der Waals surface area contributed by atoms with Crippen molar-refractivity contribution in [3.8, 4) is 0 Å². The van der Waals surface area contributed by atoms with Crippen molar-refractivity contribution < 1.29 is 9.90 Å². The van der Waals surface area contributed by atoms with E-state index in [4.69, 9.17) is 10.8 Å². The Morgan fingerprint density at radius 2 is 2.40 bits per heavy atom. The summed E-state index contributed by atoms with van der Waals surface area (Å²) in [7, 11) is 0. The third kappa shape index (κ3) is 3.80. The average molecular weight is 214 g/mol. The van der Waals surface area contributed by atoms with E-state index < -0.39 is 0 Å². The number of nitrogens with two attached hydrogens (primary N) is 1. The third-order valence-electron chi connectivity index (χ3n) is 2.99. The van der Waals surface area contributed by atoms with E-state index in [-0.39, 0.29) is 24.5 Å². The van der Waals surface area contributed by atoms with Crippen LogP contribution in [0.3, 0.4) is 0 Å². The molecule has 1 rings (SSSR count). The number of nitrogens with zero attached hydrogens (tertiary/aromatic N) is 1. The first-order valence-electron chi connectivity index (χ1n) is 5.81. The molecule has 15 heavy (non-hydrogen) atoms. The maximum absolute atomic E-state index is 11.8. The lowest BCUT2D eigenvalue weighted by atomic mass is 10.1. The van der Waals surface area contributed by atoms with Crippen molar-refractivity contribution >= 4 is 5.91 Å². The summed E-state index contributed by atoms with van der Waals surface area (Å²) in [4.78, 5) is 13.6. The molecule has 0 aromatic rings. The lowest BCUT2D eigenvalue weighted by Crippen LogP contribution is -2.34. The molecule has 2 atom stereocenters. The van der Waals surface area contributed by atoms with Crippen LogP contribution < -0.4 is 5.73 Å². The van der Waals surface area contributed by atoms with Crippen molar-refractivity contribution in [2.24, 2.45) is 11.7 Å². The monoisotopic (exact) mass is 214 g/mol. The number of hydrogen-bond acceptors (Lipinski definition) is 3. The van der Waals surface area contributed by atoms with Crippen LogP contribution in [0.25, 0.3) is 0 Å². The minimum atomic E-state index is -0.00400. The first-order valence-corrected chi connectivity index (χ1v) is 5.81. The van der Waals surface area contributed by atoms with E-state index in [0.717, 1.165) is 25.8 Å². The van der Waals surface area contributed by atoms with Gasteiger partial charge in [-0.25, -0.2) is 0 Å². The summed E-state index contributed by atoms with van der Waals surface area (Å²) in [5, 5.41) is 8.97. The van der Waals surface area contributed by atoms with E-state index in [1.54, 1.807) is 0 Å². The summed E-state index contributed by atoms with van der Waals surface area (Å²) in [6, 6.07) is -0.00400. The van der Waals surface area contributed by atoms with Gasteiger partial charge in [0.2, 0.25) is 5.91 Å². The summed E-state index contributed by atoms with van der Waals surface area (Å²) in [6.45, 7) is 3.74. The molecule has 4 heteroatoms. The van der Waals surface area contributed by atoms with Crippen LogP contribution in [0, 0.1) is 5.92 Å². The lowest BCUT2D eigenvalue weighted by Gasteiger charge is -2.18. The fourth-order valence-corrected chi connectivity index (χ4v) is 2.03. The summed E-state index contributed by atoms with van der Waals surface area (Å²) in [6.07, 6.45) is 3.30. The number of aliphatic hydroxyl groups excluding tert-OH is 1. The van der Waals surface area contributed by atoms with E-state index in [1.807, 2.05) is 4.90 Å². The lowest BCUT2D eigenvalue weighted by molar-refractivity contribution is -0.130. The van der Waals surface area contributed by atoms with Crippen LogP contribution in [-0.2, 0) is 4.79 Å². The van der Waals surface area contributed by atoms with Gasteiger partial charge in [0, 0.05) is 38.1 Å². The molecule has 4 nitrogen and oxygen atoms in total. The largest absolute Gasteiger partial charge is 0.396 e. The summed E-state index contributed by atoms with van der Waals surface area (Å²) < 4.78 is 0. The van der Waals surface area contributed by atoms with Gasteiger partial charge in [-0.15, -0.1) is 0 Å². The van der Waals surface area contributed by atoms with Gasteiger partial charge in [0.25, 0.3) is 0 Å². The Hall–Kier alpha value is -0.610. The Labute approximate surface area is 91.4 Å². The molecule has 1 aliphatic rings. The SMILES string of the molecule is CCCC(N)CC(=O)N1CCC(CO)C1. The topological polar surface area (TPSA) is 66.6 Å². The van der Waals surface area contributed by atoms with Crippen molar-refractivity contribution in [3.63, 3.8) is 0 Å². The zero-order chi connectivity index (χ0) is 11.3. The number of carbonyl (C=O) groups is 1. The van der Waals surface area contributed by atoms with Crippen LogP contribution in [-0.4, -0.2) is 41.7 Å². The molecule has 1 fully saturated rings. The highest BCUT2D eigenvalue weighted by Crippen LogP contribution is 2.16. The molecular weight excluding hydrogens is 192 g/mol. The molecule has 1 saturated heterocycles. The molecule has 1 heterocycles. The van der Waals surface area contributed by atoms with Gasteiger partial charge in [-0.3, -0.25) is 4.79 Å². The second-order valence-corrected chi connectivity index (χ2v) is 4.43. The van der Waals surface area contributed by atoms with Crippen LogP contribution in [0.4, 0.5) is 0 Å². The maximum atomic E-state index is 11.8. The number of hydrogen-bond donors (Lipinski definition) is 2. The van der Waals surface area contributed by atoms with Gasteiger partial charge in [0.05, 0.1) is 0 Å². The molecule has 0 aromatic heterocycles. The van der Waals surface area contributed by atoms with Gasteiger partial charge in [-0.2, -0.15) is 0 Å². The molecule has 1 aliphatic heterocycles. The minimum absolute atomic E-state index is 0.00400. The van der Waals surface area contributed by atoms with Crippen LogP contribution in [0.15, 0.2) is 0 Å². The van der Waals surface area contributed by atoms with Gasteiger partial charge in [0.15, 0.2) is 0 Å². The minimum Gasteiger partial charge on any atom is -0.396 e. The summed E-state index contributed by atoms with van der Waals surface area (Å²) >= 11 is 0. The number of amides is 1. The predicted molar refractivity (Wildman–Crippen MR) is 59.3 cm³/mol. The van der Waals surface area contributed by atoms with E-state index in [2.05, 4.69) is 6.92 Å². The first-order chi connectivity index (χ1) is 7.17. The number of likely N-dealkylation sites (tertiary alicyclic amines) is 1. The molecule has 1 amide bonds. The zero-order valence-corrected chi connectivity index (χ0v) is 9.48. The van der Waals surface area contributed by atoms with Crippen molar-refractivity contribution in [1.29, 1.82) is 0 Å². The molecule has 0 spiro atoms. The number of rotatable bonds is 5. The third-order valence-corrected chi connectivity index (χ3v) is 2.99. The molecule has 0 saturated carbocycles. The average Bonchev–Trinajstić information content (AvgIpc) is 2.66. The maximum Gasteiger partial charge on any atom is 0.224 e. The summed E-state index contributed by atoms with van der Waals surface area (Å²) in [5.74, 6) is 0.420.